The molecule has 0 bridgehead atoms. The monoisotopic (exact) mass is 496 g/mol. The average Bonchev–Trinajstić information content (AvgIpc) is 2.87. The summed E-state index contributed by atoms with van der Waals surface area (Å²) in [7, 11) is -3.76. The Morgan fingerprint density at radius 1 is 0.971 bits per heavy atom. The standard InChI is InChI=1S/C26H28N2O6S/c1-19-7-6-10-24(20(19)2)33-18-26(29)27-23-17-22(35(30,31)28-13-15-32-16-14-28)11-12-25(23)34-21-8-4-3-5-9-21/h3-12,17H,13-16,18H2,1-2H3,(H,27,29). The third-order valence-electron chi connectivity index (χ3n) is 5.72. The highest BCUT2D eigenvalue weighted by Gasteiger charge is 2.27. The normalized spacial score (nSPS) is 14.3. The van der Waals surface area contributed by atoms with Gasteiger partial charge in [0.25, 0.3) is 5.91 Å². The molecule has 3 aromatic carbocycles. The van der Waals surface area contributed by atoms with Gasteiger partial charge in [-0.1, -0.05) is 30.3 Å². The van der Waals surface area contributed by atoms with Crippen molar-refractivity contribution < 1.29 is 27.4 Å². The Morgan fingerprint density at radius 2 is 1.71 bits per heavy atom. The Morgan fingerprint density at radius 3 is 2.46 bits per heavy atom. The predicted octanol–water partition coefficient (Wildman–Crippen LogP) is 4.13. The van der Waals surface area contributed by atoms with Gasteiger partial charge in [0.15, 0.2) is 12.4 Å². The number of ether oxygens (including phenoxy) is 3. The number of rotatable bonds is 8. The van der Waals surface area contributed by atoms with Crippen LogP contribution in [-0.2, 0) is 19.6 Å². The van der Waals surface area contributed by atoms with E-state index in [1.165, 1.54) is 16.4 Å². The number of carbonyl (C=O) groups is 1. The number of morpholine rings is 1. The first-order valence-electron chi connectivity index (χ1n) is 11.3. The van der Waals surface area contributed by atoms with Gasteiger partial charge in [0.05, 0.1) is 23.8 Å². The van der Waals surface area contributed by atoms with Gasteiger partial charge >= 0.3 is 0 Å². The maximum atomic E-state index is 13.2. The van der Waals surface area contributed by atoms with Crippen LogP contribution in [0, 0.1) is 13.8 Å². The minimum atomic E-state index is -3.76. The fraction of sp³-hybridized carbons (Fsp3) is 0.269. The molecule has 0 radical (unpaired) electrons. The molecule has 0 unspecified atom stereocenters. The molecule has 0 aromatic heterocycles. The molecule has 184 valence electrons. The first-order chi connectivity index (χ1) is 16.8. The van der Waals surface area contributed by atoms with Gasteiger partial charge in [0.2, 0.25) is 10.0 Å². The van der Waals surface area contributed by atoms with E-state index < -0.39 is 15.9 Å². The smallest absolute Gasteiger partial charge is 0.262 e. The molecule has 3 aromatic rings. The van der Waals surface area contributed by atoms with Crippen molar-refractivity contribution in [2.75, 3.05) is 38.2 Å². The van der Waals surface area contributed by atoms with Crippen LogP contribution in [0.2, 0.25) is 0 Å². The average molecular weight is 497 g/mol. The number of hydrogen-bond donors (Lipinski definition) is 1. The molecule has 1 amide bonds. The number of para-hydroxylation sites is 1. The SMILES string of the molecule is Cc1cccc(OCC(=O)Nc2cc(S(=O)(=O)N3CCOCC3)ccc2Oc2ccccc2)c1C. The zero-order valence-electron chi connectivity index (χ0n) is 19.7. The molecule has 4 rings (SSSR count). The second-order valence-corrected chi connectivity index (χ2v) is 10.1. The summed E-state index contributed by atoms with van der Waals surface area (Å²) in [4.78, 5) is 12.8. The van der Waals surface area contributed by atoms with Gasteiger partial charge in [-0.2, -0.15) is 4.31 Å². The molecule has 0 aliphatic carbocycles. The van der Waals surface area contributed by atoms with Crippen LogP contribution in [0.1, 0.15) is 11.1 Å². The molecule has 1 aliphatic rings. The van der Waals surface area contributed by atoms with Crippen LogP contribution in [0.5, 0.6) is 17.2 Å². The fourth-order valence-corrected chi connectivity index (χ4v) is 5.05. The quantitative estimate of drug-likeness (QED) is 0.504. The van der Waals surface area contributed by atoms with Crippen LogP contribution >= 0.6 is 0 Å². The number of aryl methyl sites for hydroxylation is 1. The van der Waals surface area contributed by atoms with E-state index in [9.17, 15) is 13.2 Å². The molecule has 1 N–H and O–H groups in total. The summed E-state index contributed by atoms with van der Waals surface area (Å²) in [6.45, 7) is 4.88. The van der Waals surface area contributed by atoms with Crippen molar-refractivity contribution >= 4 is 21.6 Å². The Kier molecular flexibility index (Phi) is 7.70. The first kappa shape index (κ1) is 24.7. The van der Waals surface area contributed by atoms with Gasteiger partial charge in [-0.25, -0.2) is 8.42 Å². The highest BCUT2D eigenvalue weighted by molar-refractivity contribution is 7.89. The van der Waals surface area contributed by atoms with E-state index in [-0.39, 0.29) is 30.3 Å². The number of nitrogens with one attached hydrogen (secondary N) is 1. The minimum Gasteiger partial charge on any atom is -0.483 e. The van der Waals surface area contributed by atoms with E-state index >= 15 is 0 Å². The number of carbonyl (C=O) groups excluding carboxylic acids is 1. The van der Waals surface area contributed by atoms with Crippen molar-refractivity contribution in [3.05, 3.63) is 77.9 Å². The van der Waals surface area contributed by atoms with Crippen LogP contribution < -0.4 is 14.8 Å². The summed E-state index contributed by atoms with van der Waals surface area (Å²) < 4.78 is 44.6. The first-order valence-corrected chi connectivity index (χ1v) is 12.7. The molecule has 35 heavy (non-hydrogen) atoms. The third-order valence-corrected chi connectivity index (χ3v) is 7.61. The zero-order chi connectivity index (χ0) is 24.8. The number of amides is 1. The van der Waals surface area contributed by atoms with Gasteiger partial charge in [0, 0.05) is 13.1 Å². The number of nitrogens with zero attached hydrogens (tertiary/aromatic N) is 1. The molecule has 9 heteroatoms. The zero-order valence-corrected chi connectivity index (χ0v) is 20.5. The van der Waals surface area contributed by atoms with Crippen LogP contribution in [-0.4, -0.2) is 51.5 Å². The van der Waals surface area contributed by atoms with E-state index in [0.717, 1.165) is 11.1 Å². The van der Waals surface area contributed by atoms with Gasteiger partial charge in [-0.15, -0.1) is 0 Å². The van der Waals surface area contributed by atoms with Crippen LogP contribution in [0.4, 0.5) is 5.69 Å². The van der Waals surface area contributed by atoms with E-state index in [4.69, 9.17) is 14.2 Å². The largest absolute Gasteiger partial charge is 0.483 e. The summed E-state index contributed by atoms with van der Waals surface area (Å²) in [6.07, 6.45) is 0. The highest BCUT2D eigenvalue weighted by Crippen LogP contribution is 2.33. The lowest BCUT2D eigenvalue weighted by Crippen LogP contribution is -2.40. The second-order valence-electron chi connectivity index (χ2n) is 8.12. The molecule has 8 nitrogen and oxygen atoms in total. The van der Waals surface area contributed by atoms with Gasteiger partial charge in [-0.3, -0.25) is 4.79 Å². The summed E-state index contributed by atoms with van der Waals surface area (Å²) in [6, 6.07) is 19.1. The number of sulfonamides is 1. The predicted molar refractivity (Wildman–Crippen MR) is 133 cm³/mol. The summed E-state index contributed by atoms with van der Waals surface area (Å²) in [5.41, 5.74) is 2.24. The second kappa shape index (κ2) is 10.9. The summed E-state index contributed by atoms with van der Waals surface area (Å²) >= 11 is 0. The number of anilines is 1. The van der Waals surface area contributed by atoms with Crippen molar-refractivity contribution in [1.82, 2.24) is 4.31 Å². The van der Waals surface area contributed by atoms with E-state index in [2.05, 4.69) is 5.32 Å². The molecule has 0 spiro atoms. The fourth-order valence-electron chi connectivity index (χ4n) is 3.62. The molecule has 1 fully saturated rings. The topological polar surface area (TPSA) is 94.2 Å². The molecular weight excluding hydrogens is 468 g/mol. The molecular formula is C26H28N2O6S. The van der Waals surface area contributed by atoms with E-state index in [1.807, 2.05) is 44.2 Å². The van der Waals surface area contributed by atoms with Gasteiger partial charge in [-0.05, 0) is 61.4 Å². The summed E-state index contributed by atoms with van der Waals surface area (Å²) in [5, 5.41) is 2.75. The van der Waals surface area contributed by atoms with Crippen LogP contribution in [0.15, 0.2) is 71.6 Å². The van der Waals surface area contributed by atoms with Crippen molar-refractivity contribution in [3.8, 4) is 17.2 Å². The molecule has 1 saturated heterocycles. The Hall–Kier alpha value is -3.40. The lowest BCUT2D eigenvalue weighted by molar-refractivity contribution is -0.118. The maximum absolute atomic E-state index is 13.2. The van der Waals surface area contributed by atoms with Gasteiger partial charge < -0.3 is 19.5 Å². The summed E-state index contributed by atoms with van der Waals surface area (Å²) in [5.74, 6) is 1.05. The molecule has 1 aliphatic heterocycles. The lowest BCUT2D eigenvalue weighted by atomic mass is 10.1. The van der Waals surface area contributed by atoms with Crippen LogP contribution in [0.3, 0.4) is 0 Å². The molecule has 1 heterocycles. The lowest BCUT2D eigenvalue weighted by Gasteiger charge is -2.26. The molecule has 0 saturated carbocycles. The van der Waals surface area contributed by atoms with Crippen molar-refractivity contribution in [3.63, 3.8) is 0 Å². The van der Waals surface area contributed by atoms with Crippen LogP contribution in [0.25, 0.3) is 0 Å². The Balaban J connectivity index is 1.58. The number of hydrogen-bond acceptors (Lipinski definition) is 6. The van der Waals surface area contributed by atoms with Crippen molar-refractivity contribution in [1.29, 1.82) is 0 Å². The van der Waals surface area contributed by atoms with E-state index in [0.29, 0.717) is 30.5 Å². The van der Waals surface area contributed by atoms with Crippen molar-refractivity contribution in [2.45, 2.75) is 18.7 Å². The number of benzene rings is 3. The Bertz CT molecular complexity index is 1290. The molecule has 0 atom stereocenters. The van der Waals surface area contributed by atoms with Gasteiger partial charge in [0.1, 0.15) is 11.5 Å². The van der Waals surface area contributed by atoms with E-state index in [1.54, 1.807) is 24.3 Å². The minimum absolute atomic E-state index is 0.0607. The third kappa shape index (κ3) is 6.00. The Labute approximate surface area is 205 Å². The highest BCUT2D eigenvalue weighted by atomic mass is 32.2. The maximum Gasteiger partial charge on any atom is 0.262 e. The van der Waals surface area contributed by atoms with Crippen molar-refractivity contribution in [2.24, 2.45) is 0 Å².